The molecule has 4 heteroatoms. The van der Waals surface area contributed by atoms with Crippen molar-refractivity contribution < 1.29 is 4.79 Å². The zero-order valence-electron chi connectivity index (χ0n) is 13.4. The normalized spacial score (nSPS) is 21.0. The maximum Gasteiger partial charge on any atom is 0.248 e. The van der Waals surface area contributed by atoms with Crippen LogP contribution < -0.4 is 5.32 Å². The summed E-state index contributed by atoms with van der Waals surface area (Å²) < 4.78 is 0. The number of rotatable bonds is 4. The van der Waals surface area contributed by atoms with Gasteiger partial charge in [-0.05, 0) is 61.8 Å². The molecule has 0 radical (unpaired) electrons. The number of nitrogens with one attached hydrogen (secondary N) is 1. The Morgan fingerprint density at radius 1 is 1.23 bits per heavy atom. The molecule has 0 unspecified atom stereocenters. The first-order chi connectivity index (χ1) is 10.5. The van der Waals surface area contributed by atoms with Crippen molar-refractivity contribution in [2.45, 2.75) is 45.1 Å². The highest BCUT2D eigenvalue weighted by atomic mass is 35.5. The summed E-state index contributed by atoms with van der Waals surface area (Å²) in [7, 11) is 0. The van der Waals surface area contributed by atoms with E-state index in [0.29, 0.717) is 0 Å². The van der Waals surface area contributed by atoms with Gasteiger partial charge >= 0.3 is 0 Å². The Hall–Kier alpha value is -1.22. The van der Waals surface area contributed by atoms with Crippen molar-refractivity contribution >= 4 is 23.2 Å². The lowest BCUT2D eigenvalue weighted by atomic mass is 9.86. The van der Waals surface area contributed by atoms with Crippen LogP contribution in [-0.4, -0.2) is 29.4 Å². The minimum absolute atomic E-state index is 0.282. The van der Waals surface area contributed by atoms with Gasteiger partial charge in [0, 0.05) is 23.8 Å². The van der Waals surface area contributed by atoms with Gasteiger partial charge in [0.05, 0.1) is 0 Å². The number of anilines is 1. The van der Waals surface area contributed by atoms with Crippen LogP contribution in [0.3, 0.4) is 0 Å². The van der Waals surface area contributed by atoms with E-state index in [-0.39, 0.29) is 11.4 Å². The first kappa shape index (κ1) is 15.7. The summed E-state index contributed by atoms with van der Waals surface area (Å²) in [5, 5.41) is 4.16. The number of benzene rings is 1. The average molecular weight is 321 g/mol. The Balaban J connectivity index is 1.61. The van der Waals surface area contributed by atoms with Gasteiger partial charge in [0.1, 0.15) is 5.54 Å². The molecule has 0 aromatic heterocycles. The van der Waals surface area contributed by atoms with E-state index in [0.717, 1.165) is 61.3 Å². The fraction of sp³-hybridized carbons (Fsp3) is 0.611. The molecule has 3 rings (SSSR count). The molecule has 22 heavy (non-hydrogen) atoms. The highest BCUT2D eigenvalue weighted by Crippen LogP contribution is 2.41. The predicted molar refractivity (Wildman–Crippen MR) is 91.2 cm³/mol. The van der Waals surface area contributed by atoms with Crippen LogP contribution >= 0.6 is 11.6 Å². The van der Waals surface area contributed by atoms with Crippen LogP contribution in [0.4, 0.5) is 5.69 Å². The second-order valence-corrected chi connectivity index (χ2v) is 7.52. The SMILES string of the molecule is CC(C)C1CCN(C(=O)C2(Nc3ccc(Cl)cc3)CC2)CC1. The summed E-state index contributed by atoms with van der Waals surface area (Å²) in [4.78, 5) is 14.9. The monoisotopic (exact) mass is 320 g/mol. The predicted octanol–water partition coefficient (Wildman–Crippen LogP) is 4.18. The Labute approximate surface area is 138 Å². The van der Waals surface area contributed by atoms with Gasteiger partial charge < -0.3 is 10.2 Å². The molecule has 0 atom stereocenters. The molecule has 1 aromatic rings. The molecular weight excluding hydrogens is 296 g/mol. The molecule has 3 nitrogen and oxygen atoms in total. The van der Waals surface area contributed by atoms with E-state index in [1.807, 2.05) is 24.3 Å². The third-order valence-electron chi connectivity index (χ3n) is 5.16. The number of nitrogens with zero attached hydrogens (tertiary/aromatic N) is 1. The summed E-state index contributed by atoms with van der Waals surface area (Å²) in [6.45, 7) is 6.39. The Kier molecular flexibility index (Phi) is 4.35. The second-order valence-electron chi connectivity index (χ2n) is 7.09. The van der Waals surface area contributed by atoms with Gasteiger partial charge in [-0.2, -0.15) is 0 Å². The van der Waals surface area contributed by atoms with Crippen molar-refractivity contribution in [3.63, 3.8) is 0 Å². The van der Waals surface area contributed by atoms with Gasteiger partial charge in [0.2, 0.25) is 5.91 Å². The van der Waals surface area contributed by atoms with Gasteiger partial charge in [0.25, 0.3) is 0 Å². The molecule has 2 fully saturated rings. The van der Waals surface area contributed by atoms with Crippen molar-refractivity contribution in [2.75, 3.05) is 18.4 Å². The lowest BCUT2D eigenvalue weighted by molar-refractivity contribution is -0.134. The van der Waals surface area contributed by atoms with Crippen LogP contribution in [0.5, 0.6) is 0 Å². The summed E-state index contributed by atoms with van der Waals surface area (Å²) >= 11 is 5.92. The number of hydrogen-bond donors (Lipinski definition) is 1. The minimum atomic E-state index is -0.363. The molecule has 1 amide bonds. The summed E-state index contributed by atoms with van der Waals surface area (Å²) in [5.74, 6) is 1.77. The van der Waals surface area contributed by atoms with Crippen LogP contribution in [0.15, 0.2) is 24.3 Å². The molecule has 1 heterocycles. The van der Waals surface area contributed by atoms with Gasteiger partial charge in [-0.3, -0.25) is 4.79 Å². The van der Waals surface area contributed by atoms with Gasteiger partial charge in [0.15, 0.2) is 0 Å². The van der Waals surface area contributed by atoms with Crippen LogP contribution in [0.2, 0.25) is 5.02 Å². The van der Waals surface area contributed by atoms with Gasteiger partial charge in [-0.1, -0.05) is 25.4 Å². The number of hydrogen-bond acceptors (Lipinski definition) is 2. The van der Waals surface area contributed by atoms with Crippen molar-refractivity contribution in [2.24, 2.45) is 11.8 Å². The zero-order valence-corrected chi connectivity index (χ0v) is 14.2. The summed E-state index contributed by atoms with van der Waals surface area (Å²) in [5.41, 5.74) is 0.616. The molecule has 1 N–H and O–H groups in total. The number of amides is 1. The first-order valence-corrected chi connectivity index (χ1v) is 8.71. The number of carbonyl (C=O) groups excluding carboxylic acids is 1. The van der Waals surface area contributed by atoms with Gasteiger partial charge in [-0.15, -0.1) is 0 Å². The number of piperidine rings is 1. The van der Waals surface area contributed by atoms with Crippen LogP contribution in [-0.2, 0) is 4.79 Å². The maximum atomic E-state index is 12.9. The molecule has 0 spiro atoms. The quantitative estimate of drug-likeness (QED) is 0.902. The van der Waals surface area contributed by atoms with Crippen LogP contribution in [0.25, 0.3) is 0 Å². The van der Waals surface area contributed by atoms with E-state index in [1.165, 1.54) is 0 Å². The lowest BCUT2D eigenvalue weighted by Gasteiger charge is -2.36. The standard InChI is InChI=1S/C18H25ClN2O/c1-13(2)14-7-11-21(12-8-14)17(22)18(9-10-18)20-16-5-3-15(19)4-6-16/h3-6,13-14,20H,7-12H2,1-2H3. The molecule has 1 aliphatic carbocycles. The van der Waals surface area contributed by atoms with E-state index in [4.69, 9.17) is 11.6 Å². The zero-order chi connectivity index (χ0) is 15.7. The second kappa shape index (κ2) is 6.11. The molecule has 1 saturated heterocycles. The highest BCUT2D eigenvalue weighted by Gasteiger charge is 2.52. The topological polar surface area (TPSA) is 32.3 Å². The molecule has 1 saturated carbocycles. The molecule has 2 aliphatic rings. The first-order valence-electron chi connectivity index (χ1n) is 8.33. The Morgan fingerprint density at radius 3 is 2.32 bits per heavy atom. The number of likely N-dealkylation sites (tertiary alicyclic amines) is 1. The molecular formula is C18H25ClN2O. The highest BCUT2D eigenvalue weighted by molar-refractivity contribution is 6.30. The van der Waals surface area contributed by atoms with E-state index in [9.17, 15) is 4.79 Å². The summed E-state index contributed by atoms with van der Waals surface area (Å²) in [6, 6.07) is 7.61. The van der Waals surface area contributed by atoms with E-state index in [2.05, 4.69) is 24.1 Å². The lowest BCUT2D eigenvalue weighted by Crippen LogP contribution is -2.48. The fourth-order valence-corrected chi connectivity index (χ4v) is 3.52. The van der Waals surface area contributed by atoms with E-state index >= 15 is 0 Å². The maximum absolute atomic E-state index is 12.9. The average Bonchev–Trinajstić information content (AvgIpc) is 3.30. The van der Waals surface area contributed by atoms with E-state index < -0.39 is 0 Å². The third kappa shape index (κ3) is 3.24. The van der Waals surface area contributed by atoms with E-state index in [1.54, 1.807) is 0 Å². The van der Waals surface area contributed by atoms with Crippen molar-refractivity contribution in [3.8, 4) is 0 Å². The third-order valence-corrected chi connectivity index (χ3v) is 5.41. The number of halogens is 1. The van der Waals surface area contributed by atoms with Crippen molar-refractivity contribution in [1.29, 1.82) is 0 Å². The number of carbonyl (C=O) groups is 1. The Morgan fingerprint density at radius 2 is 1.82 bits per heavy atom. The Bertz CT molecular complexity index is 529. The minimum Gasteiger partial charge on any atom is -0.371 e. The smallest absolute Gasteiger partial charge is 0.248 e. The largest absolute Gasteiger partial charge is 0.371 e. The molecule has 0 bridgehead atoms. The van der Waals surface area contributed by atoms with Crippen molar-refractivity contribution in [1.82, 2.24) is 4.90 Å². The van der Waals surface area contributed by atoms with Crippen LogP contribution in [0, 0.1) is 11.8 Å². The fourth-order valence-electron chi connectivity index (χ4n) is 3.40. The summed E-state index contributed by atoms with van der Waals surface area (Å²) in [6.07, 6.45) is 4.14. The molecule has 1 aliphatic heterocycles. The van der Waals surface area contributed by atoms with Crippen molar-refractivity contribution in [3.05, 3.63) is 29.3 Å². The van der Waals surface area contributed by atoms with Crippen LogP contribution in [0.1, 0.15) is 39.5 Å². The molecule has 120 valence electrons. The van der Waals surface area contributed by atoms with Gasteiger partial charge in [-0.25, -0.2) is 0 Å². The molecule has 1 aromatic carbocycles.